The van der Waals surface area contributed by atoms with Gasteiger partial charge in [-0.05, 0) is 38.3 Å². The molecule has 2 rings (SSSR count). The van der Waals surface area contributed by atoms with Crippen LogP contribution >= 0.6 is 11.8 Å². The fourth-order valence-corrected chi connectivity index (χ4v) is 3.75. The van der Waals surface area contributed by atoms with Crippen molar-refractivity contribution in [2.75, 3.05) is 12.3 Å². The van der Waals surface area contributed by atoms with Gasteiger partial charge in [-0.25, -0.2) is 0 Å². The Labute approximate surface area is 131 Å². The number of carbonyl (C=O) groups excluding carboxylic acids is 1. The standard InChI is InChI=1S/C17H25NO2S/c1-13-7-3-6-10-16(13)20-14(2)17(19)18-11-12-21-15-8-4-5-9-15/h3,6-7,10,14-15H,4-5,8-9,11-12H2,1-2H3,(H,18,19)/t14-/m0/s1. The van der Waals surface area contributed by atoms with Gasteiger partial charge in [0.05, 0.1) is 0 Å². The van der Waals surface area contributed by atoms with Gasteiger partial charge in [0, 0.05) is 17.5 Å². The first-order chi connectivity index (χ1) is 10.2. The summed E-state index contributed by atoms with van der Waals surface area (Å²) in [5.74, 6) is 1.73. The molecule has 1 aromatic carbocycles. The van der Waals surface area contributed by atoms with E-state index in [2.05, 4.69) is 5.32 Å². The highest BCUT2D eigenvalue weighted by Gasteiger charge is 2.17. The Morgan fingerprint density at radius 3 is 2.81 bits per heavy atom. The monoisotopic (exact) mass is 307 g/mol. The van der Waals surface area contributed by atoms with Crippen LogP contribution in [0.25, 0.3) is 0 Å². The molecule has 21 heavy (non-hydrogen) atoms. The summed E-state index contributed by atoms with van der Waals surface area (Å²) in [5, 5.41) is 3.77. The Bertz CT molecular complexity index is 458. The van der Waals surface area contributed by atoms with Gasteiger partial charge in [-0.1, -0.05) is 31.0 Å². The quantitative estimate of drug-likeness (QED) is 0.783. The molecule has 3 nitrogen and oxygen atoms in total. The highest BCUT2D eigenvalue weighted by atomic mass is 32.2. The lowest BCUT2D eigenvalue weighted by Crippen LogP contribution is -2.37. The molecule has 1 fully saturated rings. The van der Waals surface area contributed by atoms with E-state index in [9.17, 15) is 4.79 Å². The van der Waals surface area contributed by atoms with Crippen LogP contribution in [0.4, 0.5) is 0 Å². The first-order valence-electron chi connectivity index (χ1n) is 7.78. The lowest BCUT2D eigenvalue weighted by Gasteiger charge is -2.16. The summed E-state index contributed by atoms with van der Waals surface area (Å²) in [6.45, 7) is 4.51. The molecule has 1 aliphatic carbocycles. The van der Waals surface area contributed by atoms with Gasteiger partial charge < -0.3 is 10.1 Å². The van der Waals surface area contributed by atoms with Crippen molar-refractivity contribution < 1.29 is 9.53 Å². The summed E-state index contributed by atoms with van der Waals surface area (Å²) >= 11 is 1.99. The van der Waals surface area contributed by atoms with Crippen LogP contribution in [-0.2, 0) is 4.79 Å². The fourth-order valence-electron chi connectivity index (χ4n) is 2.53. The minimum absolute atomic E-state index is 0.0368. The fraction of sp³-hybridized carbons (Fsp3) is 0.588. The summed E-state index contributed by atoms with van der Waals surface area (Å²) in [5.41, 5.74) is 1.05. The number of carbonyl (C=O) groups is 1. The van der Waals surface area contributed by atoms with Gasteiger partial charge >= 0.3 is 0 Å². The molecule has 1 amide bonds. The molecule has 0 aliphatic heterocycles. The molecule has 1 aliphatic rings. The number of hydrogen-bond donors (Lipinski definition) is 1. The summed E-state index contributed by atoms with van der Waals surface area (Å²) in [6.07, 6.45) is 4.95. The SMILES string of the molecule is Cc1ccccc1O[C@@H](C)C(=O)NCCSC1CCCC1. The van der Waals surface area contributed by atoms with E-state index in [0.717, 1.165) is 28.9 Å². The third kappa shape index (κ3) is 5.27. The molecule has 1 aromatic rings. The molecule has 4 heteroatoms. The Hall–Kier alpha value is -1.16. The Morgan fingerprint density at radius 2 is 2.10 bits per heavy atom. The maximum atomic E-state index is 12.0. The molecule has 0 heterocycles. The van der Waals surface area contributed by atoms with Crippen LogP contribution in [0, 0.1) is 6.92 Å². The van der Waals surface area contributed by atoms with E-state index in [1.807, 2.05) is 43.0 Å². The molecule has 0 saturated heterocycles. The van der Waals surface area contributed by atoms with Crippen LogP contribution < -0.4 is 10.1 Å². The molecule has 116 valence electrons. The number of hydrogen-bond acceptors (Lipinski definition) is 3. The maximum absolute atomic E-state index is 12.0. The molecule has 1 atom stereocenters. The van der Waals surface area contributed by atoms with E-state index < -0.39 is 6.10 Å². The third-order valence-electron chi connectivity index (χ3n) is 3.82. The zero-order valence-electron chi connectivity index (χ0n) is 12.9. The number of nitrogens with one attached hydrogen (secondary N) is 1. The van der Waals surface area contributed by atoms with Crippen LogP contribution in [0.3, 0.4) is 0 Å². The second-order valence-electron chi connectivity index (χ2n) is 5.59. The average Bonchev–Trinajstić information content (AvgIpc) is 2.99. The molecule has 0 aromatic heterocycles. The zero-order chi connectivity index (χ0) is 15.1. The molecule has 0 bridgehead atoms. The van der Waals surface area contributed by atoms with Gasteiger partial charge in [0.15, 0.2) is 6.10 Å². The predicted octanol–water partition coefficient (Wildman–Crippen LogP) is 3.55. The Balaban J connectivity index is 1.66. The molecule has 0 radical (unpaired) electrons. The second kappa shape index (κ2) is 8.32. The van der Waals surface area contributed by atoms with Gasteiger partial charge in [0.1, 0.15) is 5.75 Å². The van der Waals surface area contributed by atoms with E-state index in [1.165, 1.54) is 25.7 Å². The number of benzene rings is 1. The van der Waals surface area contributed by atoms with Crippen molar-refractivity contribution in [1.82, 2.24) is 5.32 Å². The summed E-state index contributed by atoms with van der Waals surface area (Å²) < 4.78 is 5.72. The first-order valence-corrected chi connectivity index (χ1v) is 8.83. The summed E-state index contributed by atoms with van der Waals surface area (Å²) in [4.78, 5) is 12.0. The van der Waals surface area contributed by atoms with Gasteiger partial charge in [0.25, 0.3) is 5.91 Å². The van der Waals surface area contributed by atoms with Crippen LogP contribution in [0.2, 0.25) is 0 Å². The normalized spacial score (nSPS) is 16.7. The predicted molar refractivity (Wildman–Crippen MR) is 89.0 cm³/mol. The van der Waals surface area contributed by atoms with Crippen LogP contribution in [0.1, 0.15) is 38.2 Å². The number of aryl methyl sites for hydroxylation is 1. The number of amides is 1. The van der Waals surface area contributed by atoms with Crippen molar-refractivity contribution in [1.29, 1.82) is 0 Å². The number of thioether (sulfide) groups is 1. The van der Waals surface area contributed by atoms with E-state index in [0.29, 0.717) is 0 Å². The molecular weight excluding hydrogens is 282 g/mol. The van der Waals surface area contributed by atoms with Crippen molar-refractivity contribution in [3.05, 3.63) is 29.8 Å². The number of para-hydroxylation sites is 1. The zero-order valence-corrected chi connectivity index (χ0v) is 13.7. The van der Waals surface area contributed by atoms with Crippen molar-refractivity contribution in [3.63, 3.8) is 0 Å². The largest absolute Gasteiger partial charge is 0.481 e. The molecule has 0 spiro atoms. The highest BCUT2D eigenvalue weighted by molar-refractivity contribution is 7.99. The van der Waals surface area contributed by atoms with Gasteiger partial charge in [-0.3, -0.25) is 4.79 Å². The minimum atomic E-state index is -0.456. The number of rotatable bonds is 7. The van der Waals surface area contributed by atoms with E-state index >= 15 is 0 Å². The first kappa shape index (κ1) is 16.2. The maximum Gasteiger partial charge on any atom is 0.260 e. The van der Waals surface area contributed by atoms with Crippen LogP contribution in [-0.4, -0.2) is 29.6 Å². The second-order valence-corrected chi connectivity index (χ2v) is 7.00. The summed E-state index contributed by atoms with van der Waals surface area (Å²) in [7, 11) is 0. The van der Waals surface area contributed by atoms with Crippen molar-refractivity contribution in [2.24, 2.45) is 0 Å². The van der Waals surface area contributed by atoms with E-state index in [4.69, 9.17) is 4.74 Å². The van der Waals surface area contributed by atoms with Gasteiger partial charge in [0.2, 0.25) is 0 Å². The van der Waals surface area contributed by atoms with Gasteiger partial charge in [-0.15, -0.1) is 0 Å². The average molecular weight is 307 g/mol. The summed E-state index contributed by atoms with van der Waals surface area (Å²) in [6, 6.07) is 7.77. The van der Waals surface area contributed by atoms with Crippen LogP contribution in [0.5, 0.6) is 5.75 Å². The molecule has 0 unspecified atom stereocenters. The Kier molecular flexibility index (Phi) is 6.43. The van der Waals surface area contributed by atoms with Crippen molar-refractivity contribution >= 4 is 17.7 Å². The van der Waals surface area contributed by atoms with Crippen LogP contribution in [0.15, 0.2) is 24.3 Å². The smallest absolute Gasteiger partial charge is 0.260 e. The topological polar surface area (TPSA) is 38.3 Å². The Morgan fingerprint density at radius 1 is 1.38 bits per heavy atom. The van der Waals surface area contributed by atoms with E-state index in [1.54, 1.807) is 6.92 Å². The molecule has 1 N–H and O–H groups in total. The molecular formula is C17H25NO2S. The lowest BCUT2D eigenvalue weighted by atomic mass is 10.2. The highest BCUT2D eigenvalue weighted by Crippen LogP contribution is 2.28. The number of ether oxygens (including phenoxy) is 1. The molecule has 1 saturated carbocycles. The van der Waals surface area contributed by atoms with Gasteiger partial charge in [-0.2, -0.15) is 11.8 Å². The minimum Gasteiger partial charge on any atom is -0.481 e. The lowest BCUT2D eigenvalue weighted by molar-refractivity contribution is -0.127. The third-order valence-corrected chi connectivity index (χ3v) is 5.21. The van der Waals surface area contributed by atoms with Crippen molar-refractivity contribution in [2.45, 2.75) is 50.9 Å². The van der Waals surface area contributed by atoms with Crippen molar-refractivity contribution in [3.8, 4) is 5.75 Å². The van der Waals surface area contributed by atoms with E-state index in [-0.39, 0.29) is 5.91 Å².